The molecule has 6 nitrogen and oxygen atoms in total. The van der Waals surface area contributed by atoms with E-state index in [1.165, 1.54) is 15.9 Å². The normalized spacial score (nSPS) is 12.0. The van der Waals surface area contributed by atoms with Gasteiger partial charge in [0, 0.05) is 16.7 Å². The molecular formula is C15H17N5OS. The van der Waals surface area contributed by atoms with Gasteiger partial charge in [0.25, 0.3) is 5.56 Å². The number of hydrogen-bond donors (Lipinski definition) is 1. The molecule has 2 heterocycles. The Hall–Kier alpha value is -2.28. The molecule has 2 N–H and O–H groups in total. The lowest BCUT2D eigenvalue weighted by molar-refractivity contribution is 0.542. The van der Waals surface area contributed by atoms with Crippen molar-refractivity contribution < 1.29 is 0 Å². The lowest BCUT2D eigenvalue weighted by Gasteiger charge is -2.14. The molecule has 0 saturated carbocycles. The van der Waals surface area contributed by atoms with Crippen molar-refractivity contribution in [3.63, 3.8) is 0 Å². The van der Waals surface area contributed by atoms with Gasteiger partial charge in [-0.3, -0.25) is 4.79 Å². The molecule has 7 heteroatoms. The zero-order chi connectivity index (χ0) is 16.1. The van der Waals surface area contributed by atoms with Crippen LogP contribution in [0.4, 0.5) is 5.69 Å². The minimum absolute atomic E-state index is 0.221. The van der Waals surface area contributed by atoms with Crippen LogP contribution in [-0.2, 0) is 5.41 Å². The Morgan fingerprint density at radius 1 is 1.23 bits per heavy atom. The second kappa shape index (κ2) is 4.88. The number of fused-ring (bicyclic) bond motifs is 1. The number of rotatable bonds is 1. The monoisotopic (exact) mass is 315 g/mol. The van der Waals surface area contributed by atoms with E-state index in [0.717, 1.165) is 11.1 Å². The minimum Gasteiger partial charge on any atom is -0.398 e. The summed E-state index contributed by atoms with van der Waals surface area (Å²) in [5.41, 5.74) is 8.31. The van der Waals surface area contributed by atoms with Crippen LogP contribution < -0.4 is 11.3 Å². The number of nitrogens with two attached hydrogens (primary N) is 1. The van der Waals surface area contributed by atoms with Gasteiger partial charge in [-0.1, -0.05) is 44.2 Å². The Balaban J connectivity index is 2.25. The summed E-state index contributed by atoms with van der Waals surface area (Å²) in [5, 5.41) is 13.4. The maximum absolute atomic E-state index is 12.6. The molecular weight excluding hydrogens is 298 g/mol. The average molecular weight is 315 g/mol. The first-order chi connectivity index (χ1) is 10.3. The van der Waals surface area contributed by atoms with Gasteiger partial charge in [-0.05, 0) is 18.6 Å². The van der Waals surface area contributed by atoms with Crippen LogP contribution >= 0.6 is 11.3 Å². The van der Waals surface area contributed by atoms with Crippen LogP contribution in [0.5, 0.6) is 0 Å². The molecule has 22 heavy (non-hydrogen) atoms. The summed E-state index contributed by atoms with van der Waals surface area (Å²) in [5.74, 6) is 0. The maximum Gasteiger partial charge on any atom is 0.297 e. The van der Waals surface area contributed by atoms with Crippen molar-refractivity contribution in [3.8, 4) is 10.6 Å². The zero-order valence-electron chi connectivity index (χ0n) is 12.9. The molecule has 3 aromatic rings. The number of nitrogens with zero attached hydrogens (tertiary/aromatic N) is 4. The molecule has 0 radical (unpaired) electrons. The predicted octanol–water partition coefficient (Wildman–Crippen LogP) is 2.40. The van der Waals surface area contributed by atoms with E-state index < -0.39 is 0 Å². The fraction of sp³-hybridized carbons (Fsp3) is 0.333. The molecule has 0 aliphatic heterocycles. The zero-order valence-corrected chi connectivity index (χ0v) is 13.7. The molecule has 0 aliphatic rings. The number of aromatic nitrogens is 4. The van der Waals surface area contributed by atoms with Gasteiger partial charge in [0.05, 0.1) is 0 Å². The largest absolute Gasteiger partial charge is 0.398 e. The molecule has 0 unspecified atom stereocenters. The highest BCUT2D eigenvalue weighted by molar-refractivity contribution is 7.19. The van der Waals surface area contributed by atoms with Gasteiger partial charge >= 0.3 is 0 Å². The molecule has 0 saturated heterocycles. The lowest BCUT2D eigenvalue weighted by atomic mass is 9.93. The first kappa shape index (κ1) is 14.6. The molecule has 0 bridgehead atoms. The van der Waals surface area contributed by atoms with Gasteiger partial charge in [0.2, 0.25) is 4.96 Å². The quantitative estimate of drug-likeness (QED) is 0.697. The third-order valence-electron chi connectivity index (χ3n) is 3.51. The van der Waals surface area contributed by atoms with E-state index in [2.05, 4.69) is 15.3 Å². The molecule has 3 rings (SSSR count). The molecule has 0 amide bonds. The van der Waals surface area contributed by atoms with Crippen molar-refractivity contribution in [1.82, 2.24) is 19.8 Å². The SMILES string of the molecule is Cc1c(N)cccc1-c1nn2c(=O)c(C(C)(C)C)nnc2s1. The molecule has 0 spiro atoms. The van der Waals surface area contributed by atoms with Crippen molar-refractivity contribution >= 4 is 22.0 Å². The number of anilines is 1. The Labute approximate surface area is 131 Å². The van der Waals surface area contributed by atoms with Gasteiger partial charge in [-0.2, -0.15) is 9.61 Å². The fourth-order valence-corrected chi connectivity index (χ4v) is 3.10. The van der Waals surface area contributed by atoms with Gasteiger partial charge < -0.3 is 5.73 Å². The third kappa shape index (κ3) is 2.27. The summed E-state index contributed by atoms with van der Waals surface area (Å²) < 4.78 is 1.33. The van der Waals surface area contributed by atoms with Gasteiger partial charge in [0.15, 0.2) is 0 Å². The molecule has 1 aromatic carbocycles. The Kier molecular flexibility index (Phi) is 3.25. The second-order valence-corrected chi connectivity index (χ2v) is 7.18. The molecule has 2 aromatic heterocycles. The number of benzene rings is 1. The smallest absolute Gasteiger partial charge is 0.297 e. The summed E-state index contributed by atoms with van der Waals surface area (Å²) >= 11 is 1.33. The van der Waals surface area contributed by atoms with Crippen molar-refractivity contribution in [2.45, 2.75) is 33.1 Å². The predicted molar refractivity (Wildman–Crippen MR) is 88.2 cm³/mol. The highest BCUT2D eigenvalue weighted by Gasteiger charge is 2.23. The highest BCUT2D eigenvalue weighted by atomic mass is 32.1. The van der Waals surface area contributed by atoms with Crippen LogP contribution in [0.2, 0.25) is 0 Å². The topological polar surface area (TPSA) is 86.2 Å². The van der Waals surface area contributed by atoms with Crippen molar-refractivity contribution in [2.75, 3.05) is 5.73 Å². The summed E-state index contributed by atoms with van der Waals surface area (Å²) in [6, 6.07) is 5.65. The van der Waals surface area contributed by atoms with Crippen molar-refractivity contribution in [1.29, 1.82) is 0 Å². The van der Waals surface area contributed by atoms with Gasteiger partial charge in [0.1, 0.15) is 10.7 Å². The summed E-state index contributed by atoms with van der Waals surface area (Å²) in [4.78, 5) is 13.0. The highest BCUT2D eigenvalue weighted by Crippen LogP contribution is 2.29. The summed E-state index contributed by atoms with van der Waals surface area (Å²) in [6.45, 7) is 7.73. The maximum atomic E-state index is 12.6. The Morgan fingerprint density at radius 2 is 1.95 bits per heavy atom. The average Bonchev–Trinajstić information content (AvgIpc) is 2.85. The second-order valence-electron chi connectivity index (χ2n) is 6.23. The molecule has 0 aliphatic carbocycles. The van der Waals surface area contributed by atoms with E-state index in [1.54, 1.807) is 0 Å². The van der Waals surface area contributed by atoms with E-state index in [-0.39, 0.29) is 11.0 Å². The van der Waals surface area contributed by atoms with E-state index in [4.69, 9.17) is 5.73 Å². The minimum atomic E-state index is -0.373. The summed E-state index contributed by atoms with van der Waals surface area (Å²) in [6.07, 6.45) is 0. The van der Waals surface area contributed by atoms with Gasteiger partial charge in [-0.15, -0.1) is 10.2 Å². The number of nitrogen functional groups attached to an aromatic ring is 1. The Morgan fingerprint density at radius 3 is 2.64 bits per heavy atom. The van der Waals surface area contributed by atoms with E-state index >= 15 is 0 Å². The van der Waals surface area contributed by atoms with Crippen LogP contribution in [0.15, 0.2) is 23.0 Å². The Bertz CT molecular complexity index is 920. The molecule has 0 fully saturated rings. The molecule has 114 valence electrons. The fourth-order valence-electron chi connectivity index (χ4n) is 2.18. The number of hydrogen-bond acceptors (Lipinski definition) is 6. The third-order valence-corrected chi connectivity index (χ3v) is 4.44. The van der Waals surface area contributed by atoms with Crippen LogP contribution in [0, 0.1) is 6.92 Å². The standard InChI is InChI=1S/C15H17N5OS/c1-8-9(6-5-7-10(8)16)12-19-20-13(21)11(15(2,3)4)17-18-14(20)22-12/h5-7H,16H2,1-4H3. The summed E-state index contributed by atoms with van der Waals surface area (Å²) in [7, 11) is 0. The van der Waals surface area contributed by atoms with E-state index in [9.17, 15) is 4.79 Å². The van der Waals surface area contributed by atoms with Crippen molar-refractivity contribution in [3.05, 3.63) is 39.8 Å². The van der Waals surface area contributed by atoms with Crippen molar-refractivity contribution in [2.24, 2.45) is 0 Å². The lowest BCUT2D eigenvalue weighted by Crippen LogP contribution is -2.30. The van der Waals surface area contributed by atoms with E-state index in [1.807, 2.05) is 45.9 Å². The van der Waals surface area contributed by atoms with Gasteiger partial charge in [-0.25, -0.2) is 0 Å². The van der Waals surface area contributed by atoms with Crippen LogP contribution in [0.25, 0.3) is 15.5 Å². The van der Waals surface area contributed by atoms with Crippen LogP contribution in [0.1, 0.15) is 32.0 Å². The first-order valence-corrected chi connectivity index (χ1v) is 7.73. The van der Waals surface area contributed by atoms with Crippen LogP contribution in [-0.4, -0.2) is 19.8 Å². The van der Waals surface area contributed by atoms with Crippen LogP contribution in [0.3, 0.4) is 0 Å². The van der Waals surface area contributed by atoms with E-state index in [0.29, 0.717) is 21.3 Å². The first-order valence-electron chi connectivity index (χ1n) is 6.91. The molecule has 0 atom stereocenters.